The summed E-state index contributed by atoms with van der Waals surface area (Å²) in [6.07, 6.45) is 18.6. The number of unbranched alkanes of at least 4 members (excludes halogenated alkanes) is 8. The molecule has 0 aromatic heterocycles. The number of rotatable bonds is 24. The van der Waals surface area contributed by atoms with Crippen LogP contribution in [-0.2, 0) is 8.85 Å². The minimum absolute atomic E-state index is 0.709. The Morgan fingerprint density at radius 2 is 0.758 bits per heavy atom. The van der Waals surface area contributed by atoms with Gasteiger partial charge < -0.3 is 8.85 Å². The van der Waals surface area contributed by atoms with Gasteiger partial charge >= 0.3 is 0 Å². The lowest BCUT2D eigenvalue weighted by Gasteiger charge is -2.43. The molecule has 0 amide bonds. The molecule has 0 aliphatic carbocycles. The monoisotopic (exact) mass is 518 g/mol. The largest absolute Gasteiger partial charge is 0.419 e. The van der Waals surface area contributed by atoms with Gasteiger partial charge in [0, 0.05) is 24.0 Å². The van der Waals surface area contributed by atoms with Crippen molar-refractivity contribution in [3.8, 4) is 0 Å². The lowest BCUT2D eigenvalue weighted by atomic mass is 10.3. The first-order valence-corrected chi connectivity index (χ1v) is 20.5. The number of hydrogen-bond donors (Lipinski definition) is 0. The molecule has 0 aliphatic rings. The molecular weight excluding hydrogens is 457 g/mol. The minimum atomic E-state index is -1.79. The van der Waals surface area contributed by atoms with Crippen LogP contribution in [0.5, 0.6) is 0 Å². The summed E-state index contributed by atoms with van der Waals surface area (Å²) in [6, 6.07) is 5.43. The second kappa shape index (κ2) is 20.9. The van der Waals surface area contributed by atoms with E-state index in [9.17, 15) is 0 Å². The molecule has 0 heterocycles. The summed E-state index contributed by atoms with van der Waals surface area (Å²) >= 11 is 2.36. The van der Waals surface area contributed by atoms with Crippen molar-refractivity contribution in [2.24, 2.45) is 0 Å². The van der Waals surface area contributed by atoms with Crippen molar-refractivity contribution in [1.29, 1.82) is 0 Å². The van der Waals surface area contributed by atoms with E-state index in [1.54, 1.807) is 0 Å². The average molecular weight is 519 g/mol. The van der Waals surface area contributed by atoms with Crippen molar-refractivity contribution in [2.75, 3.05) is 14.2 Å². The van der Waals surface area contributed by atoms with Gasteiger partial charge in [-0.1, -0.05) is 119 Å². The topological polar surface area (TPSA) is 18.5 Å². The summed E-state index contributed by atoms with van der Waals surface area (Å²) in [5.74, 6) is 0. The Hall–Kier alpha value is 0.704. The van der Waals surface area contributed by atoms with Crippen LogP contribution in [0.2, 0.25) is 24.2 Å². The lowest BCUT2D eigenvalue weighted by molar-refractivity contribution is 0.377. The Morgan fingerprint density at radius 1 is 0.485 bits per heavy atom. The van der Waals surface area contributed by atoms with Crippen LogP contribution in [0.25, 0.3) is 0 Å². The van der Waals surface area contributed by atoms with Crippen molar-refractivity contribution < 1.29 is 8.85 Å². The van der Waals surface area contributed by atoms with Gasteiger partial charge in [-0.3, -0.25) is 0 Å². The third-order valence-corrected chi connectivity index (χ3v) is 22.2. The van der Waals surface area contributed by atoms with Gasteiger partial charge in [0.2, 0.25) is 16.6 Å². The molecule has 2 nitrogen and oxygen atoms in total. The Kier molecular flexibility index (Phi) is 21.3. The molecular formula is C28H62O2SSi2. The van der Waals surface area contributed by atoms with Crippen molar-refractivity contribution in [2.45, 2.75) is 165 Å². The van der Waals surface area contributed by atoms with Crippen molar-refractivity contribution in [1.82, 2.24) is 0 Å². The fraction of sp³-hybridized carbons (Fsp3) is 1.00. The van der Waals surface area contributed by atoms with Gasteiger partial charge in [-0.2, -0.15) is 11.8 Å². The highest BCUT2D eigenvalue weighted by Gasteiger charge is 2.47. The maximum atomic E-state index is 6.67. The standard InChI is InChI=1S/C28H62O2SSi2/c1-9-15-19-23-32(29-7,24-20-16-10-2)27(13-5)31-28(14-6)33(30-8,25-21-17-11-3)26-22-18-12-4/h27-28H,9-26H2,1-8H3. The van der Waals surface area contributed by atoms with Gasteiger partial charge in [0.1, 0.15) is 0 Å². The van der Waals surface area contributed by atoms with Crippen LogP contribution in [-0.4, -0.2) is 40.6 Å². The van der Waals surface area contributed by atoms with Gasteiger partial charge in [0.15, 0.2) is 0 Å². The smallest absolute Gasteiger partial charge is 0.205 e. The average Bonchev–Trinajstić information content (AvgIpc) is 2.83. The third-order valence-electron chi connectivity index (χ3n) is 7.87. The summed E-state index contributed by atoms with van der Waals surface area (Å²) < 4.78 is 13.3. The Bertz CT molecular complexity index is 378. The van der Waals surface area contributed by atoms with Crippen LogP contribution in [0.3, 0.4) is 0 Å². The molecule has 0 aliphatic heterocycles. The van der Waals surface area contributed by atoms with E-state index in [2.05, 4.69) is 67.5 Å². The van der Waals surface area contributed by atoms with Crippen LogP contribution >= 0.6 is 11.8 Å². The zero-order valence-electron chi connectivity index (χ0n) is 24.1. The van der Waals surface area contributed by atoms with E-state index in [0.717, 1.165) is 0 Å². The predicted octanol–water partition coefficient (Wildman–Crippen LogP) is 10.3. The summed E-state index contributed by atoms with van der Waals surface area (Å²) in [5.41, 5.74) is 0. The summed E-state index contributed by atoms with van der Waals surface area (Å²) in [7, 11) is 0.553. The molecule has 0 spiro atoms. The second-order valence-corrected chi connectivity index (χ2v) is 21.0. The quantitative estimate of drug-likeness (QED) is 0.0934. The molecule has 0 rings (SSSR count). The Balaban J connectivity index is 5.85. The third kappa shape index (κ3) is 12.0. The van der Waals surface area contributed by atoms with Crippen LogP contribution < -0.4 is 0 Å². The molecule has 200 valence electrons. The van der Waals surface area contributed by atoms with Crippen molar-refractivity contribution in [3.05, 3.63) is 0 Å². The molecule has 0 N–H and O–H groups in total. The van der Waals surface area contributed by atoms with Gasteiger partial charge in [-0.25, -0.2) is 0 Å². The van der Waals surface area contributed by atoms with E-state index >= 15 is 0 Å². The molecule has 0 saturated carbocycles. The first-order valence-electron chi connectivity index (χ1n) is 14.7. The van der Waals surface area contributed by atoms with E-state index in [-0.39, 0.29) is 0 Å². The van der Waals surface area contributed by atoms with E-state index < -0.39 is 16.6 Å². The number of thioether (sulfide) groups is 1. The Labute approximate surface area is 216 Å². The lowest BCUT2D eigenvalue weighted by Crippen LogP contribution is -2.53. The Morgan fingerprint density at radius 3 is 0.939 bits per heavy atom. The number of hydrogen-bond acceptors (Lipinski definition) is 3. The highest BCUT2D eigenvalue weighted by molar-refractivity contribution is 8.03. The summed E-state index contributed by atoms with van der Waals surface area (Å²) in [6.45, 7) is 14.2. The maximum Gasteiger partial charge on any atom is 0.205 e. The summed E-state index contributed by atoms with van der Waals surface area (Å²) in [5, 5.41) is 0. The minimum Gasteiger partial charge on any atom is -0.419 e. The SMILES string of the molecule is CCCCC[Si](CCCCC)(OC)C(CC)SC(CC)[Si](CCCCC)(CCCCC)OC. The van der Waals surface area contributed by atoms with E-state index in [1.807, 2.05) is 0 Å². The normalized spacial score (nSPS) is 14.5. The zero-order chi connectivity index (χ0) is 25.0. The van der Waals surface area contributed by atoms with E-state index in [4.69, 9.17) is 8.85 Å². The highest BCUT2D eigenvalue weighted by Crippen LogP contribution is 2.43. The molecule has 5 heteroatoms. The van der Waals surface area contributed by atoms with Gasteiger partial charge in [0.05, 0.1) is 0 Å². The molecule has 2 unspecified atom stereocenters. The first kappa shape index (κ1) is 33.7. The van der Waals surface area contributed by atoms with Gasteiger partial charge in [0.25, 0.3) is 0 Å². The molecule has 0 aromatic rings. The summed E-state index contributed by atoms with van der Waals surface area (Å²) in [4.78, 5) is 1.42. The van der Waals surface area contributed by atoms with Crippen LogP contribution in [0.1, 0.15) is 131 Å². The van der Waals surface area contributed by atoms with E-state index in [1.165, 1.54) is 114 Å². The van der Waals surface area contributed by atoms with Crippen LogP contribution in [0.15, 0.2) is 0 Å². The van der Waals surface area contributed by atoms with E-state index in [0.29, 0.717) is 9.75 Å². The van der Waals surface area contributed by atoms with Gasteiger partial charge in [-0.05, 0) is 37.0 Å². The molecule has 0 aromatic carbocycles. The van der Waals surface area contributed by atoms with Crippen LogP contribution in [0.4, 0.5) is 0 Å². The molecule has 0 fully saturated rings. The van der Waals surface area contributed by atoms with Crippen LogP contribution in [0, 0.1) is 0 Å². The fourth-order valence-corrected chi connectivity index (χ4v) is 19.8. The maximum absolute atomic E-state index is 6.67. The molecule has 0 bridgehead atoms. The molecule has 33 heavy (non-hydrogen) atoms. The highest BCUT2D eigenvalue weighted by atomic mass is 32.2. The first-order chi connectivity index (χ1) is 16.0. The zero-order valence-corrected chi connectivity index (χ0v) is 26.9. The molecule has 2 atom stereocenters. The second-order valence-electron chi connectivity index (χ2n) is 10.3. The fourth-order valence-electron chi connectivity index (χ4n) is 5.64. The van der Waals surface area contributed by atoms with Crippen molar-refractivity contribution in [3.63, 3.8) is 0 Å². The van der Waals surface area contributed by atoms with Gasteiger partial charge in [-0.15, -0.1) is 0 Å². The van der Waals surface area contributed by atoms with Crippen molar-refractivity contribution >= 4 is 28.4 Å². The predicted molar refractivity (Wildman–Crippen MR) is 159 cm³/mol. The molecule has 0 saturated heterocycles. The molecule has 0 radical (unpaired) electrons.